The van der Waals surface area contributed by atoms with Crippen LogP contribution in [0.2, 0.25) is 0 Å². The van der Waals surface area contributed by atoms with Gasteiger partial charge in [-0.05, 0) is 24.6 Å². The van der Waals surface area contributed by atoms with Gasteiger partial charge in [0.05, 0.1) is 7.11 Å². The molecule has 0 aliphatic heterocycles. The Bertz CT molecular complexity index is 494. The highest BCUT2D eigenvalue weighted by molar-refractivity contribution is 5.87. The standard InChI is InChI=1S/C12H14N2O/c1-8-3-5-10-9(7-13)4-6-11(15-2)12(10)14-8/h3-6H,7,13H2,1-2H3. The summed E-state index contributed by atoms with van der Waals surface area (Å²) in [4.78, 5) is 4.47. The van der Waals surface area contributed by atoms with E-state index in [1.807, 2.05) is 31.2 Å². The average molecular weight is 202 g/mol. The fourth-order valence-corrected chi connectivity index (χ4v) is 1.69. The Labute approximate surface area is 88.9 Å². The lowest BCUT2D eigenvalue weighted by Crippen LogP contribution is -1.99. The predicted molar refractivity (Wildman–Crippen MR) is 60.9 cm³/mol. The van der Waals surface area contributed by atoms with E-state index in [1.54, 1.807) is 7.11 Å². The van der Waals surface area contributed by atoms with E-state index in [2.05, 4.69) is 4.98 Å². The average Bonchev–Trinajstić information content (AvgIpc) is 2.27. The number of hydrogen-bond acceptors (Lipinski definition) is 3. The number of rotatable bonds is 2. The molecule has 2 aromatic rings. The van der Waals surface area contributed by atoms with E-state index in [-0.39, 0.29) is 0 Å². The molecule has 0 radical (unpaired) electrons. The smallest absolute Gasteiger partial charge is 0.145 e. The monoisotopic (exact) mass is 202 g/mol. The molecule has 0 bridgehead atoms. The van der Waals surface area contributed by atoms with Crippen molar-refractivity contribution in [2.75, 3.05) is 7.11 Å². The lowest BCUT2D eigenvalue weighted by atomic mass is 10.1. The zero-order chi connectivity index (χ0) is 10.8. The second kappa shape index (κ2) is 3.87. The third kappa shape index (κ3) is 1.66. The zero-order valence-corrected chi connectivity index (χ0v) is 8.95. The van der Waals surface area contributed by atoms with Gasteiger partial charge in [0.15, 0.2) is 0 Å². The molecule has 0 amide bonds. The van der Waals surface area contributed by atoms with Crippen molar-refractivity contribution in [3.05, 3.63) is 35.5 Å². The number of nitrogens with zero attached hydrogens (tertiary/aromatic N) is 1. The van der Waals surface area contributed by atoms with E-state index in [4.69, 9.17) is 10.5 Å². The number of methoxy groups -OCH3 is 1. The first-order valence-electron chi connectivity index (χ1n) is 4.89. The maximum absolute atomic E-state index is 5.68. The minimum absolute atomic E-state index is 0.519. The number of benzene rings is 1. The molecule has 0 aliphatic carbocycles. The van der Waals surface area contributed by atoms with Crippen LogP contribution in [-0.2, 0) is 6.54 Å². The van der Waals surface area contributed by atoms with Crippen LogP contribution >= 0.6 is 0 Å². The van der Waals surface area contributed by atoms with E-state index in [0.717, 1.165) is 27.9 Å². The summed E-state index contributed by atoms with van der Waals surface area (Å²) in [5.74, 6) is 0.797. The molecule has 0 unspecified atom stereocenters. The van der Waals surface area contributed by atoms with Gasteiger partial charge in [0.1, 0.15) is 11.3 Å². The highest BCUT2D eigenvalue weighted by Crippen LogP contribution is 2.26. The van der Waals surface area contributed by atoms with E-state index < -0.39 is 0 Å². The summed E-state index contributed by atoms with van der Waals surface area (Å²) < 4.78 is 5.28. The van der Waals surface area contributed by atoms with Gasteiger partial charge in [-0.3, -0.25) is 0 Å². The van der Waals surface area contributed by atoms with E-state index >= 15 is 0 Å². The van der Waals surface area contributed by atoms with Crippen LogP contribution in [0.3, 0.4) is 0 Å². The first kappa shape index (κ1) is 9.93. The first-order valence-corrected chi connectivity index (χ1v) is 4.89. The number of nitrogens with two attached hydrogens (primary N) is 1. The van der Waals surface area contributed by atoms with Crippen molar-refractivity contribution < 1.29 is 4.74 Å². The topological polar surface area (TPSA) is 48.1 Å². The van der Waals surface area contributed by atoms with Gasteiger partial charge in [-0.25, -0.2) is 4.98 Å². The molecule has 0 atom stereocenters. The van der Waals surface area contributed by atoms with Gasteiger partial charge in [-0.1, -0.05) is 12.1 Å². The molecule has 2 rings (SSSR count). The first-order chi connectivity index (χ1) is 7.26. The Morgan fingerprint density at radius 3 is 2.73 bits per heavy atom. The molecule has 78 valence electrons. The number of fused-ring (bicyclic) bond motifs is 1. The van der Waals surface area contributed by atoms with Crippen molar-refractivity contribution in [1.29, 1.82) is 0 Å². The summed E-state index contributed by atoms with van der Waals surface area (Å²) in [5, 5.41) is 1.07. The normalized spacial score (nSPS) is 10.6. The molecule has 2 N–H and O–H groups in total. The van der Waals surface area contributed by atoms with Crippen LogP contribution in [0.5, 0.6) is 5.75 Å². The molecule has 0 saturated heterocycles. The summed E-state index contributed by atoms with van der Waals surface area (Å²) in [5.41, 5.74) is 8.64. The summed E-state index contributed by atoms with van der Waals surface area (Å²) in [6.07, 6.45) is 0. The van der Waals surface area contributed by atoms with E-state index in [9.17, 15) is 0 Å². The van der Waals surface area contributed by atoms with Crippen molar-refractivity contribution in [3.8, 4) is 5.75 Å². The predicted octanol–water partition coefficient (Wildman–Crippen LogP) is 2.01. The molecule has 1 aromatic carbocycles. The number of ether oxygens (including phenoxy) is 1. The molecule has 1 aromatic heterocycles. The molecule has 3 heteroatoms. The Kier molecular flexibility index (Phi) is 2.56. The van der Waals surface area contributed by atoms with Gasteiger partial charge < -0.3 is 10.5 Å². The van der Waals surface area contributed by atoms with Crippen LogP contribution in [0, 0.1) is 6.92 Å². The Morgan fingerprint density at radius 1 is 1.27 bits per heavy atom. The second-order valence-electron chi connectivity index (χ2n) is 3.48. The summed E-state index contributed by atoms with van der Waals surface area (Å²) in [7, 11) is 1.65. The molecule has 0 saturated carbocycles. The molecule has 0 fully saturated rings. The van der Waals surface area contributed by atoms with Gasteiger partial charge in [0, 0.05) is 17.6 Å². The van der Waals surface area contributed by atoms with Gasteiger partial charge >= 0.3 is 0 Å². The number of hydrogen-bond donors (Lipinski definition) is 1. The minimum Gasteiger partial charge on any atom is -0.494 e. The van der Waals surface area contributed by atoms with Gasteiger partial charge in [-0.15, -0.1) is 0 Å². The van der Waals surface area contributed by atoms with E-state index in [1.165, 1.54) is 0 Å². The van der Waals surface area contributed by atoms with Gasteiger partial charge in [-0.2, -0.15) is 0 Å². The quantitative estimate of drug-likeness (QED) is 0.810. The fourth-order valence-electron chi connectivity index (χ4n) is 1.69. The maximum Gasteiger partial charge on any atom is 0.145 e. The van der Waals surface area contributed by atoms with Crippen LogP contribution in [-0.4, -0.2) is 12.1 Å². The van der Waals surface area contributed by atoms with Gasteiger partial charge in [0.2, 0.25) is 0 Å². The highest BCUT2D eigenvalue weighted by atomic mass is 16.5. The van der Waals surface area contributed by atoms with Crippen molar-refractivity contribution in [2.45, 2.75) is 13.5 Å². The molecule has 0 spiro atoms. The SMILES string of the molecule is COc1ccc(CN)c2ccc(C)nc12. The summed E-state index contributed by atoms with van der Waals surface area (Å²) in [6.45, 7) is 2.49. The Morgan fingerprint density at radius 2 is 2.07 bits per heavy atom. The lowest BCUT2D eigenvalue weighted by Gasteiger charge is -2.08. The van der Waals surface area contributed by atoms with Crippen molar-refractivity contribution in [3.63, 3.8) is 0 Å². The fraction of sp³-hybridized carbons (Fsp3) is 0.250. The molecular formula is C12H14N2O. The van der Waals surface area contributed by atoms with Crippen LogP contribution in [0.4, 0.5) is 0 Å². The Balaban J connectivity index is 2.80. The third-order valence-corrected chi connectivity index (χ3v) is 2.49. The highest BCUT2D eigenvalue weighted by Gasteiger charge is 2.06. The number of aryl methyl sites for hydroxylation is 1. The molecule has 15 heavy (non-hydrogen) atoms. The minimum atomic E-state index is 0.519. The largest absolute Gasteiger partial charge is 0.494 e. The van der Waals surface area contributed by atoms with Crippen molar-refractivity contribution in [1.82, 2.24) is 4.98 Å². The maximum atomic E-state index is 5.68. The van der Waals surface area contributed by atoms with Crippen LogP contribution < -0.4 is 10.5 Å². The third-order valence-electron chi connectivity index (χ3n) is 2.49. The number of pyridine rings is 1. The van der Waals surface area contributed by atoms with Crippen LogP contribution in [0.1, 0.15) is 11.3 Å². The lowest BCUT2D eigenvalue weighted by molar-refractivity contribution is 0.418. The summed E-state index contributed by atoms with van der Waals surface area (Å²) >= 11 is 0. The van der Waals surface area contributed by atoms with Gasteiger partial charge in [0.25, 0.3) is 0 Å². The molecular weight excluding hydrogens is 188 g/mol. The summed E-state index contributed by atoms with van der Waals surface area (Å²) in [6, 6.07) is 7.93. The molecule has 0 aliphatic rings. The zero-order valence-electron chi connectivity index (χ0n) is 8.95. The van der Waals surface area contributed by atoms with E-state index in [0.29, 0.717) is 6.54 Å². The van der Waals surface area contributed by atoms with Crippen molar-refractivity contribution >= 4 is 10.9 Å². The number of aromatic nitrogens is 1. The molecule has 1 heterocycles. The second-order valence-corrected chi connectivity index (χ2v) is 3.48. The Hall–Kier alpha value is -1.61. The molecule has 3 nitrogen and oxygen atoms in total. The van der Waals surface area contributed by atoms with Crippen molar-refractivity contribution in [2.24, 2.45) is 5.73 Å². The van der Waals surface area contributed by atoms with Crippen LogP contribution in [0.25, 0.3) is 10.9 Å². The van der Waals surface area contributed by atoms with Crippen LogP contribution in [0.15, 0.2) is 24.3 Å².